The first kappa shape index (κ1) is 18.9. The Bertz CT molecular complexity index is 614. The van der Waals surface area contributed by atoms with Crippen LogP contribution in [-0.4, -0.2) is 44.8 Å². The van der Waals surface area contributed by atoms with Crippen molar-refractivity contribution < 1.29 is 14.7 Å². The topological polar surface area (TPSA) is 75.4 Å². The standard InChI is InChI=1S/C20H31N3O3/c1-2-5-16(12-15-6-3-4-7-15)19(24)22-10-8-18(9-11-22)23-14-17(13-21-23)20(25)26/h13-16,18H,2-12H2,1H3,(H,25,26). The Hall–Kier alpha value is -1.85. The second-order valence-corrected chi connectivity index (χ2v) is 7.94. The second-order valence-electron chi connectivity index (χ2n) is 7.94. The maximum Gasteiger partial charge on any atom is 0.338 e. The highest BCUT2D eigenvalue weighted by atomic mass is 16.4. The van der Waals surface area contributed by atoms with Crippen LogP contribution < -0.4 is 0 Å². The summed E-state index contributed by atoms with van der Waals surface area (Å²) < 4.78 is 1.76. The molecule has 2 aliphatic rings. The Balaban J connectivity index is 1.54. The molecule has 1 aromatic rings. The zero-order chi connectivity index (χ0) is 18.5. The minimum Gasteiger partial charge on any atom is -0.478 e. The lowest BCUT2D eigenvalue weighted by Crippen LogP contribution is -2.42. The van der Waals surface area contributed by atoms with E-state index in [1.807, 2.05) is 4.90 Å². The van der Waals surface area contributed by atoms with E-state index in [4.69, 9.17) is 5.11 Å². The van der Waals surface area contributed by atoms with Crippen LogP contribution in [0, 0.1) is 11.8 Å². The first-order valence-corrected chi connectivity index (χ1v) is 10.1. The van der Waals surface area contributed by atoms with E-state index in [2.05, 4.69) is 12.0 Å². The zero-order valence-corrected chi connectivity index (χ0v) is 15.8. The number of carbonyl (C=O) groups excluding carboxylic acids is 1. The molecule has 0 bridgehead atoms. The number of likely N-dealkylation sites (tertiary alicyclic amines) is 1. The van der Waals surface area contributed by atoms with E-state index in [0.717, 1.165) is 51.1 Å². The van der Waals surface area contributed by atoms with Gasteiger partial charge in [-0.1, -0.05) is 39.0 Å². The van der Waals surface area contributed by atoms with Gasteiger partial charge in [0.05, 0.1) is 17.8 Å². The second kappa shape index (κ2) is 8.69. The normalized spacial score (nSPS) is 20.4. The number of aromatic carboxylic acids is 1. The number of aromatic nitrogens is 2. The number of rotatable bonds is 7. The molecule has 0 spiro atoms. The van der Waals surface area contributed by atoms with Crippen LogP contribution in [0.3, 0.4) is 0 Å². The molecule has 0 aromatic carbocycles. The Labute approximate surface area is 155 Å². The highest BCUT2D eigenvalue weighted by molar-refractivity contribution is 5.86. The lowest BCUT2D eigenvalue weighted by molar-refractivity contribution is -0.137. The Kier molecular flexibility index (Phi) is 6.33. The molecule has 2 heterocycles. The molecular weight excluding hydrogens is 330 g/mol. The summed E-state index contributed by atoms with van der Waals surface area (Å²) in [5.41, 5.74) is 0.225. The Morgan fingerprint density at radius 1 is 1.23 bits per heavy atom. The fraction of sp³-hybridized carbons (Fsp3) is 0.750. The van der Waals surface area contributed by atoms with Crippen LogP contribution in [0.5, 0.6) is 0 Å². The number of piperidine rings is 1. The van der Waals surface area contributed by atoms with Crippen LogP contribution >= 0.6 is 0 Å². The van der Waals surface area contributed by atoms with E-state index >= 15 is 0 Å². The van der Waals surface area contributed by atoms with Gasteiger partial charge in [0.25, 0.3) is 0 Å². The predicted octanol–water partition coefficient (Wildman–Crippen LogP) is 3.74. The van der Waals surface area contributed by atoms with Gasteiger partial charge in [0.2, 0.25) is 5.91 Å². The van der Waals surface area contributed by atoms with Crippen molar-refractivity contribution in [2.75, 3.05) is 13.1 Å². The summed E-state index contributed by atoms with van der Waals surface area (Å²) in [4.78, 5) is 26.1. The first-order chi connectivity index (χ1) is 12.6. The molecule has 1 aliphatic heterocycles. The number of carbonyl (C=O) groups is 2. The van der Waals surface area contributed by atoms with Gasteiger partial charge < -0.3 is 10.0 Å². The van der Waals surface area contributed by atoms with Crippen LogP contribution in [0.1, 0.15) is 81.1 Å². The molecule has 1 atom stereocenters. The van der Waals surface area contributed by atoms with Crippen molar-refractivity contribution in [1.29, 1.82) is 0 Å². The summed E-state index contributed by atoms with van der Waals surface area (Å²) >= 11 is 0. The predicted molar refractivity (Wildman–Crippen MR) is 99.0 cm³/mol. The Morgan fingerprint density at radius 2 is 1.92 bits per heavy atom. The molecule has 6 nitrogen and oxygen atoms in total. The van der Waals surface area contributed by atoms with Crippen LogP contribution in [0.25, 0.3) is 0 Å². The van der Waals surface area contributed by atoms with Gasteiger partial charge in [-0.05, 0) is 31.6 Å². The number of nitrogens with zero attached hydrogens (tertiary/aromatic N) is 3. The van der Waals surface area contributed by atoms with Gasteiger partial charge in [-0.15, -0.1) is 0 Å². The van der Waals surface area contributed by atoms with E-state index in [1.54, 1.807) is 10.9 Å². The minimum atomic E-state index is -0.946. The SMILES string of the molecule is CCCC(CC1CCCC1)C(=O)N1CCC(n2cc(C(=O)O)cn2)CC1. The van der Waals surface area contributed by atoms with Gasteiger partial charge in [0.15, 0.2) is 0 Å². The van der Waals surface area contributed by atoms with Crippen LogP contribution in [0.4, 0.5) is 0 Å². The third-order valence-electron chi connectivity index (χ3n) is 6.08. The summed E-state index contributed by atoms with van der Waals surface area (Å²) in [6.45, 7) is 3.66. The molecule has 1 saturated carbocycles. The molecule has 1 aliphatic carbocycles. The molecule has 1 saturated heterocycles. The summed E-state index contributed by atoms with van der Waals surface area (Å²) in [7, 11) is 0. The molecular formula is C20H31N3O3. The number of carboxylic acids is 1. The van der Waals surface area contributed by atoms with Crippen LogP contribution in [0.15, 0.2) is 12.4 Å². The quantitative estimate of drug-likeness (QED) is 0.803. The summed E-state index contributed by atoms with van der Waals surface area (Å²) in [5, 5.41) is 13.2. The van der Waals surface area contributed by atoms with E-state index < -0.39 is 5.97 Å². The van der Waals surface area contributed by atoms with Gasteiger partial charge in [0.1, 0.15) is 0 Å². The van der Waals surface area contributed by atoms with Gasteiger partial charge >= 0.3 is 5.97 Å². The van der Waals surface area contributed by atoms with Gasteiger partial charge in [-0.2, -0.15) is 5.10 Å². The highest BCUT2D eigenvalue weighted by Crippen LogP contribution is 2.33. The van der Waals surface area contributed by atoms with Crippen molar-refractivity contribution >= 4 is 11.9 Å². The highest BCUT2D eigenvalue weighted by Gasteiger charge is 2.31. The van der Waals surface area contributed by atoms with E-state index in [1.165, 1.54) is 31.9 Å². The number of carboxylic acid groups (broad SMARTS) is 1. The number of hydrogen-bond acceptors (Lipinski definition) is 3. The van der Waals surface area contributed by atoms with Gasteiger partial charge in [0, 0.05) is 25.2 Å². The third kappa shape index (κ3) is 4.46. The maximum atomic E-state index is 13.0. The van der Waals surface area contributed by atoms with Crippen molar-refractivity contribution in [3.05, 3.63) is 18.0 Å². The molecule has 1 N–H and O–H groups in total. The fourth-order valence-electron chi connectivity index (χ4n) is 4.60. The lowest BCUT2D eigenvalue weighted by Gasteiger charge is -2.35. The third-order valence-corrected chi connectivity index (χ3v) is 6.08. The fourth-order valence-corrected chi connectivity index (χ4v) is 4.60. The van der Waals surface area contributed by atoms with Crippen LogP contribution in [-0.2, 0) is 4.79 Å². The molecule has 26 heavy (non-hydrogen) atoms. The van der Waals surface area contributed by atoms with Crippen molar-refractivity contribution in [2.45, 2.75) is 70.8 Å². The molecule has 0 radical (unpaired) electrons. The summed E-state index contributed by atoms with van der Waals surface area (Å²) in [6, 6.07) is 0.187. The molecule has 2 fully saturated rings. The molecule has 6 heteroatoms. The zero-order valence-electron chi connectivity index (χ0n) is 15.8. The van der Waals surface area contributed by atoms with E-state index in [9.17, 15) is 9.59 Å². The average Bonchev–Trinajstić information content (AvgIpc) is 3.33. The summed E-state index contributed by atoms with van der Waals surface area (Å²) in [5.74, 6) is 0.316. The minimum absolute atomic E-state index is 0.183. The van der Waals surface area contributed by atoms with Crippen molar-refractivity contribution in [1.82, 2.24) is 14.7 Å². The van der Waals surface area contributed by atoms with Crippen molar-refractivity contribution in [3.8, 4) is 0 Å². The molecule has 144 valence electrons. The van der Waals surface area contributed by atoms with E-state index in [0.29, 0.717) is 5.91 Å². The van der Waals surface area contributed by atoms with Crippen molar-refractivity contribution in [2.24, 2.45) is 11.8 Å². The molecule has 1 amide bonds. The lowest BCUT2D eigenvalue weighted by atomic mass is 9.88. The monoisotopic (exact) mass is 361 g/mol. The van der Waals surface area contributed by atoms with Gasteiger partial charge in [-0.3, -0.25) is 9.48 Å². The van der Waals surface area contributed by atoms with Crippen LogP contribution in [0.2, 0.25) is 0 Å². The van der Waals surface area contributed by atoms with Gasteiger partial charge in [-0.25, -0.2) is 4.79 Å². The van der Waals surface area contributed by atoms with Crippen molar-refractivity contribution in [3.63, 3.8) is 0 Å². The molecule has 3 rings (SSSR count). The number of amides is 1. The Morgan fingerprint density at radius 3 is 2.50 bits per heavy atom. The number of hydrogen-bond donors (Lipinski definition) is 1. The average molecular weight is 361 g/mol. The smallest absolute Gasteiger partial charge is 0.338 e. The van der Waals surface area contributed by atoms with E-state index in [-0.39, 0.29) is 17.5 Å². The summed E-state index contributed by atoms with van der Waals surface area (Å²) in [6.07, 6.45) is 13.0. The maximum absolute atomic E-state index is 13.0. The molecule has 1 aromatic heterocycles. The largest absolute Gasteiger partial charge is 0.478 e. The molecule has 1 unspecified atom stereocenters. The first-order valence-electron chi connectivity index (χ1n) is 10.1.